The highest BCUT2D eigenvalue weighted by atomic mass is 32.1. The van der Waals surface area contributed by atoms with E-state index in [0.717, 1.165) is 23.4 Å². The standard InChI is InChI=1S/C16H19N5O2S/c17-13(22)10-11-6-8-21(9-7-11)16(23)18-15-20-19-14(24-15)12-4-2-1-3-5-12/h1-5,11H,6-10H2,(H2,17,22)(H,18,20,23). The Kier molecular flexibility index (Phi) is 5.05. The lowest BCUT2D eigenvalue weighted by Crippen LogP contribution is -2.41. The SMILES string of the molecule is NC(=O)CC1CCN(C(=O)Nc2nnc(-c3ccccc3)s2)CC1. The molecule has 7 nitrogen and oxygen atoms in total. The van der Waals surface area contributed by atoms with Gasteiger partial charge in [0, 0.05) is 25.1 Å². The molecule has 3 amide bonds. The van der Waals surface area contributed by atoms with E-state index in [1.165, 1.54) is 11.3 Å². The summed E-state index contributed by atoms with van der Waals surface area (Å²) in [6.45, 7) is 1.24. The molecule has 126 valence electrons. The van der Waals surface area contributed by atoms with Gasteiger partial charge in [0.1, 0.15) is 5.01 Å². The van der Waals surface area contributed by atoms with E-state index in [9.17, 15) is 9.59 Å². The lowest BCUT2D eigenvalue weighted by atomic mass is 9.93. The fraction of sp³-hybridized carbons (Fsp3) is 0.375. The number of hydrogen-bond donors (Lipinski definition) is 2. The van der Waals surface area contributed by atoms with E-state index in [0.29, 0.717) is 24.6 Å². The molecular weight excluding hydrogens is 326 g/mol. The molecule has 1 aliphatic rings. The van der Waals surface area contributed by atoms with Crippen molar-refractivity contribution in [1.29, 1.82) is 0 Å². The fourth-order valence-corrected chi connectivity index (χ4v) is 3.51. The first-order valence-corrected chi connectivity index (χ1v) is 8.66. The molecule has 24 heavy (non-hydrogen) atoms. The maximum Gasteiger partial charge on any atom is 0.323 e. The molecule has 0 atom stereocenters. The smallest absolute Gasteiger partial charge is 0.323 e. The number of piperidine rings is 1. The van der Waals surface area contributed by atoms with E-state index in [1.807, 2.05) is 30.3 Å². The van der Waals surface area contributed by atoms with E-state index in [-0.39, 0.29) is 17.9 Å². The maximum absolute atomic E-state index is 12.3. The van der Waals surface area contributed by atoms with Gasteiger partial charge >= 0.3 is 6.03 Å². The second-order valence-electron chi connectivity index (χ2n) is 5.81. The molecule has 1 fully saturated rings. The highest BCUT2D eigenvalue weighted by Crippen LogP contribution is 2.26. The monoisotopic (exact) mass is 345 g/mol. The molecule has 1 aromatic heterocycles. The highest BCUT2D eigenvalue weighted by Gasteiger charge is 2.24. The van der Waals surface area contributed by atoms with Crippen molar-refractivity contribution in [2.75, 3.05) is 18.4 Å². The lowest BCUT2D eigenvalue weighted by Gasteiger charge is -2.31. The summed E-state index contributed by atoms with van der Waals surface area (Å²) in [4.78, 5) is 25.0. The van der Waals surface area contributed by atoms with Gasteiger partial charge in [-0.25, -0.2) is 4.79 Å². The molecule has 1 aliphatic heterocycles. The summed E-state index contributed by atoms with van der Waals surface area (Å²) in [6, 6.07) is 9.54. The molecule has 3 rings (SSSR count). The largest absolute Gasteiger partial charge is 0.370 e. The zero-order chi connectivity index (χ0) is 16.9. The summed E-state index contributed by atoms with van der Waals surface area (Å²) in [5, 5.41) is 12.2. The quantitative estimate of drug-likeness (QED) is 0.888. The van der Waals surface area contributed by atoms with Gasteiger partial charge in [-0.3, -0.25) is 10.1 Å². The van der Waals surface area contributed by atoms with Crippen LogP contribution in [0.25, 0.3) is 10.6 Å². The van der Waals surface area contributed by atoms with Crippen LogP contribution in [0, 0.1) is 5.92 Å². The topological polar surface area (TPSA) is 101 Å². The van der Waals surface area contributed by atoms with Crippen LogP contribution in [-0.4, -0.2) is 40.1 Å². The molecule has 0 saturated carbocycles. The molecule has 1 saturated heterocycles. The molecule has 1 aromatic carbocycles. The Morgan fingerprint density at radius 3 is 2.58 bits per heavy atom. The zero-order valence-corrected chi connectivity index (χ0v) is 14.0. The van der Waals surface area contributed by atoms with Crippen molar-refractivity contribution >= 4 is 28.4 Å². The van der Waals surface area contributed by atoms with Crippen LogP contribution >= 0.6 is 11.3 Å². The Bertz CT molecular complexity index is 710. The van der Waals surface area contributed by atoms with Crippen molar-refractivity contribution in [3.05, 3.63) is 30.3 Å². The third-order valence-corrected chi connectivity index (χ3v) is 4.94. The van der Waals surface area contributed by atoms with Crippen molar-refractivity contribution < 1.29 is 9.59 Å². The summed E-state index contributed by atoms with van der Waals surface area (Å²) < 4.78 is 0. The molecule has 0 bridgehead atoms. The van der Waals surface area contributed by atoms with Crippen molar-refractivity contribution in [1.82, 2.24) is 15.1 Å². The second kappa shape index (κ2) is 7.39. The van der Waals surface area contributed by atoms with E-state index in [4.69, 9.17) is 5.73 Å². The molecule has 0 unspecified atom stereocenters. The number of carbonyl (C=O) groups excluding carboxylic acids is 2. The van der Waals surface area contributed by atoms with Crippen LogP contribution in [-0.2, 0) is 4.79 Å². The third-order valence-electron chi connectivity index (χ3n) is 4.05. The number of aromatic nitrogens is 2. The van der Waals surface area contributed by atoms with Gasteiger partial charge in [-0.1, -0.05) is 41.7 Å². The summed E-state index contributed by atoms with van der Waals surface area (Å²) in [5.74, 6) is -0.00188. The molecule has 2 aromatic rings. The maximum atomic E-state index is 12.3. The molecule has 0 radical (unpaired) electrons. The number of hydrogen-bond acceptors (Lipinski definition) is 5. The minimum absolute atomic E-state index is 0.178. The first-order valence-electron chi connectivity index (χ1n) is 7.85. The number of nitrogens with one attached hydrogen (secondary N) is 1. The van der Waals surface area contributed by atoms with Crippen molar-refractivity contribution in [3.8, 4) is 10.6 Å². The minimum atomic E-state index is -0.278. The third kappa shape index (κ3) is 4.08. The normalized spacial score (nSPS) is 15.2. The van der Waals surface area contributed by atoms with Crippen molar-refractivity contribution in [2.24, 2.45) is 11.7 Å². The number of rotatable bonds is 4. The van der Waals surface area contributed by atoms with Crippen LogP contribution < -0.4 is 11.1 Å². The fourth-order valence-electron chi connectivity index (χ4n) is 2.77. The molecule has 0 aliphatic carbocycles. The number of anilines is 1. The summed E-state index contributed by atoms with van der Waals surface area (Å²) in [7, 11) is 0. The van der Waals surface area contributed by atoms with Gasteiger partial charge in [0.05, 0.1) is 0 Å². The van der Waals surface area contributed by atoms with Crippen LogP contribution in [0.3, 0.4) is 0 Å². The van der Waals surface area contributed by atoms with Gasteiger partial charge in [0.2, 0.25) is 11.0 Å². The van der Waals surface area contributed by atoms with Gasteiger partial charge in [0.15, 0.2) is 0 Å². The van der Waals surface area contributed by atoms with Crippen LogP contribution in [0.4, 0.5) is 9.93 Å². The Labute approximate surface area is 143 Å². The lowest BCUT2D eigenvalue weighted by molar-refractivity contribution is -0.119. The van der Waals surface area contributed by atoms with E-state index < -0.39 is 0 Å². The van der Waals surface area contributed by atoms with E-state index in [2.05, 4.69) is 15.5 Å². The molecule has 2 heterocycles. The predicted molar refractivity (Wildman–Crippen MR) is 92.5 cm³/mol. The van der Waals surface area contributed by atoms with Crippen molar-refractivity contribution in [3.63, 3.8) is 0 Å². The van der Waals surface area contributed by atoms with Gasteiger partial charge in [-0.15, -0.1) is 10.2 Å². The number of amides is 3. The minimum Gasteiger partial charge on any atom is -0.370 e. The Hall–Kier alpha value is -2.48. The number of likely N-dealkylation sites (tertiary alicyclic amines) is 1. The van der Waals surface area contributed by atoms with Gasteiger partial charge in [-0.05, 0) is 18.8 Å². The first-order chi connectivity index (χ1) is 11.6. The Morgan fingerprint density at radius 2 is 1.92 bits per heavy atom. The number of nitrogens with two attached hydrogens (primary N) is 1. The van der Waals surface area contributed by atoms with Gasteiger partial charge < -0.3 is 10.6 Å². The van der Waals surface area contributed by atoms with Crippen molar-refractivity contribution in [2.45, 2.75) is 19.3 Å². The summed E-state index contributed by atoms with van der Waals surface area (Å²) in [6.07, 6.45) is 1.98. The van der Waals surface area contributed by atoms with E-state index in [1.54, 1.807) is 4.90 Å². The Balaban J connectivity index is 1.54. The number of nitrogens with zero attached hydrogens (tertiary/aromatic N) is 3. The predicted octanol–water partition coefficient (Wildman–Crippen LogP) is 2.32. The van der Waals surface area contributed by atoms with Gasteiger partial charge in [0.25, 0.3) is 0 Å². The number of carbonyl (C=O) groups is 2. The van der Waals surface area contributed by atoms with Gasteiger partial charge in [-0.2, -0.15) is 0 Å². The molecule has 0 spiro atoms. The van der Waals surface area contributed by atoms with Crippen LogP contribution in [0.1, 0.15) is 19.3 Å². The number of urea groups is 1. The molecule has 8 heteroatoms. The van der Waals surface area contributed by atoms with Crippen LogP contribution in [0.2, 0.25) is 0 Å². The average molecular weight is 345 g/mol. The first kappa shape index (κ1) is 16.4. The number of benzene rings is 1. The zero-order valence-electron chi connectivity index (χ0n) is 13.1. The summed E-state index contributed by atoms with van der Waals surface area (Å²) >= 11 is 1.35. The van der Waals surface area contributed by atoms with Crippen LogP contribution in [0.15, 0.2) is 30.3 Å². The average Bonchev–Trinajstić information content (AvgIpc) is 3.04. The van der Waals surface area contributed by atoms with Crippen LogP contribution in [0.5, 0.6) is 0 Å². The van der Waals surface area contributed by atoms with E-state index >= 15 is 0 Å². The Morgan fingerprint density at radius 1 is 1.21 bits per heavy atom. The second-order valence-corrected chi connectivity index (χ2v) is 6.79. The summed E-state index contributed by atoms with van der Waals surface area (Å²) in [5.41, 5.74) is 6.20. The molecular formula is C16H19N5O2S. The number of primary amides is 1. The molecule has 3 N–H and O–H groups in total. The highest BCUT2D eigenvalue weighted by molar-refractivity contribution is 7.18.